The van der Waals surface area contributed by atoms with E-state index in [0.29, 0.717) is 13.2 Å². The number of aryl methyl sites for hydroxylation is 1. The number of carbonyl (C=O) groups is 1. The highest BCUT2D eigenvalue weighted by atomic mass is 32.2. The third-order valence-electron chi connectivity index (χ3n) is 3.47. The molecule has 0 heterocycles. The average Bonchev–Trinajstić information content (AvgIpc) is 2.56. The van der Waals surface area contributed by atoms with Crippen LogP contribution < -0.4 is 15.4 Å². The lowest BCUT2D eigenvalue weighted by Crippen LogP contribution is -2.28. The van der Waals surface area contributed by atoms with Crippen LogP contribution in [0.15, 0.2) is 47.4 Å². The lowest BCUT2D eigenvalue weighted by atomic mass is 10.2. The first-order valence-electron chi connectivity index (χ1n) is 7.70. The molecule has 1 unspecified atom stereocenters. The van der Waals surface area contributed by atoms with Gasteiger partial charge in [-0.25, -0.2) is 4.79 Å². The van der Waals surface area contributed by atoms with Crippen molar-refractivity contribution in [1.29, 1.82) is 0 Å². The van der Waals surface area contributed by atoms with E-state index in [1.165, 1.54) is 0 Å². The zero-order chi connectivity index (χ0) is 17.5. The van der Waals surface area contributed by atoms with Crippen LogP contribution in [0.4, 0.5) is 10.5 Å². The molecular formula is C18H22N2O3S. The van der Waals surface area contributed by atoms with Gasteiger partial charge in [0.25, 0.3) is 0 Å². The van der Waals surface area contributed by atoms with E-state index < -0.39 is 10.8 Å². The summed E-state index contributed by atoms with van der Waals surface area (Å²) in [5.74, 6) is 0.786. The quantitative estimate of drug-likeness (QED) is 0.842. The maximum Gasteiger partial charge on any atom is 0.319 e. The molecular weight excluding hydrogens is 324 g/mol. The largest absolute Gasteiger partial charge is 0.494 e. The van der Waals surface area contributed by atoms with Crippen LogP contribution in [0.25, 0.3) is 0 Å². The Labute approximate surface area is 144 Å². The standard InChI is InChI=1S/C18H22N2O3S/c1-4-23-15-7-10-17(13(2)11-15)20-18(21)19-12-14-5-8-16(9-6-14)24(3)22/h5-11H,4,12H2,1-3H3,(H2,19,20,21). The number of hydrogen-bond donors (Lipinski definition) is 2. The minimum atomic E-state index is -0.993. The summed E-state index contributed by atoms with van der Waals surface area (Å²) in [5.41, 5.74) is 2.63. The number of hydrogen-bond acceptors (Lipinski definition) is 3. The zero-order valence-electron chi connectivity index (χ0n) is 14.1. The van der Waals surface area contributed by atoms with E-state index in [9.17, 15) is 9.00 Å². The van der Waals surface area contributed by atoms with E-state index in [1.807, 2.05) is 56.3 Å². The molecule has 2 amide bonds. The second-order valence-corrected chi connectivity index (χ2v) is 6.70. The smallest absolute Gasteiger partial charge is 0.319 e. The topological polar surface area (TPSA) is 67.4 Å². The molecule has 6 heteroatoms. The molecule has 0 aliphatic carbocycles. The van der Waals surface area contributed by atoms with Gasteiger partial charge in [-0.05, 0) is 55.3 Å². The van der Waals surface area contributed by atoms with Crippen molar-refractivity contribution in [2.24, 2.45) is 0 Å². The fourth-order valence-electron chi connectivity index (χ4n) is 2.18. The molecule has 1 atom stereocenters. The van der Waals surface area contributed by atoms with Gasteiger partial charge in [-0.15, -0.1) is 0 Å². The van der Waals surface area contributed by atoms with E-state index in [0.717, 1.165) is 27.5 Å². The van der Waals surface area contributed by atoms with Gasteiger partial charge in [0.1, 0.15) is 5.75 Å². The summed E-state index contributed by atoms with van der Waals surface area (Å²) in [6.07, 6.45) is 1.64. The van der Waals surface area contributed by atoms with E-state index >= 15 is 0 Å². The Morgan fingerprint density at radius 1 is 1.17 bits per heavy atom. The number of urea groups is 1. The van der Waals surface area contributed by atoms with Gasteiger partial charge in [-0.1, -0.05) is 12.1 Å². The van der Waals surface area contributed by atoms with Crippen molar-refractivity contribution in [3.63, 3.8) is 0 Å². The summed E-state index contributed by atoms with van der Waals surface area (Å²) in [6, 6.07) is 12.6. The number of rotatable bonds is 6. The molecule has 128 valence electrons. The van der Waals surface area contributed by atoms with Gasteiger partial charge < -0.3 is 15.4 Å². The normalized spacial score (nSPS) is 11.6. The summed E-state index contributed by atoms with van der Waals surface area (Å²) >= 11 is 0. The molecule has 0 aliphatic heterocycles. The maximum atomic E-state index is 12.0. The molecule has 0 aliphatic rings. The Bertz CT molecular complexity index is 730. The van der Waals surface area contributed by atoms with E-state index in [4.69, 9.17) is 4.74 Å². The van der Waals surface area contributed by atoms with Crippen LogP contribution >= 0.6 is 0 Å². The Morgan fingerprint density at radius 2 is 1.88 bits per heavy atom. The Hall–Kier alpha value is -2.34. The predicted molar refractivity (Wildman–Crippen MR) is 97.0 cm³/mol. The first-order valence-corrected chi connectivity index (χ1v) is 9.26. The van der Waals surface area contributed by atoms with Crippen LogP contribution in [0.2, 0.25) is 0 Å². The third kappa shape index (κ3) is 5.09. The molecule has 24 heavy (non-hydrogen) atoms. The fourth-order valence-corrected chi connectivity index (χ4v) is 2.70. The Morgan fingerprint density at radius 3 is 2.46 bits per heavy atom. The van der Waals surface area contributed by atoms with E-state index in [1.54, 1.807) is 6.26 Å². The second kappa shape index (κ2) is 8.49. The molecule has 5 nitrogen and oxygen atoms in total. The highest BCUT2D eigenvalue weighted by molar-refractivity contribution is 7.84. The molecule has 0 bridgehead atoms. The molecule has 0 fully saturated rings. The van der Waals surface area contributed by atoms with Crippen molar-refractivity contribution in [1.82, 2.24) is 5.32 Å². The average molecular weight is 346 g/mol. The molecule has 0 saturated heterocycles. The van der Waals surface area contributed by atoms with Crippen molar-refractivity contribution in [3.8, 4) is 5.75 Å². The number of amides is 2. The van der Waals surface area contributed by atoms with Crippen LogP contribution in [-0.4, -0.2) is 23.1 Å². The van der Waals surface area contributed by atoms with Crippen LogP contribution in [0.1, 0.15) is 18.1 Å². The van der Waals surface area contributed by atoms with Crippen molar-refractivity contribution in [2.75, 3.05) is 18.2 Å². The number of carbonyl (C=O) groups excluding carboxylic acids is 1. The second-order valence-electron chi connectivity index (χ2n) is 5.32. The van der Waals surface area contributed by atoms with Gasteiger partial charge in [0, 0.05) is 34.2 Å². The van der Waals surface area contributed by atoms with Gasteiger partial charge in [-0.3, -0.25) is 4.21 Å². The van der Waals surface area contributed by atoms with Gasteiger partial charge in [-0.2, -0.15) is 0 Å². The minimum Gasteiger partial charge on any atom is -0.494 e. The Balaban J connectivity index is 1.90. The SMILES string of the molecule is CCOc1ccc(NC(=O)NCc2ccc(S(C)=O)cc2)c(C)c1. The van der Waals surface area contributed by atoms with Crippen molar-refractivity contribution < 1.29 is 13.7 Å². The van der Waals surface area contributed by atoms with Crippen molar-refractivity contribution >= 4 is 22.5 Å². The highest BCUT2D eigenvalue weighted by Crippen LogP contribution is 2.21. The lowest BCUT2D eigenvalue weighted by molar-refractivity contribution is 0.251. The number of ether oxygens (including phenoxy) is 1. The predicted octanol–water partition coefficient (Wildman–Crippen LogP) is 3.45. The van der Waals surface area contributed by atoms with Crippen molar-refractivity contribution in [2.45, 2.75) is 25.3 Å². The van der Waals surface area contributed by atoms with Gasteiger partial charge in [0.05, 0.1) is 6.61 Å². The molecule has 2 aromatic rings. The number of nitrogens with one attached hydrogen (secondary N) is 2. The highest BCUT2D eigenvalue weighted by Gasteiger charge is 2.06. The first-order chi connectivity index (χ1) is 11.5. The number of benzene rings is 2. The fraction of sp³-hybridized carbons (Fsp3) is 0.278. The summed E-state index contributed by atoms with van der Waals surface area (Å²) in [5, 5.41) is 5.63. The summed E-state index contributed by atoms with van der Waals surface area (Å²) in [6.45, 7) is 4.86. The van der Waals surface area contributed by atoms with Gasteiger partial charge in [0.2, 0.25) is 0 Å². The van der Waals surface area contributed by atoms with Crippen molar-refractivity contribution in [3.05, 3.63) is 53.6 Å². The minimum absolute atomic E-state index is 0.273. The third-order valence-corrected chi connectivity index (χ3v) is 4.40. The monoisotopic (exact) mass is 346 g/mol. The van der Waals surface area contributed by atoms with Crippen LogP contribution in [-0.2, 0) is 17.3 Å². The molecule has 2 rings (SSSR count). The molecule has 0 aromatic heterocycles. The van der Waals surface area contributed by atoms with E-state index in [2.05, 4.69) is 10.6 Å². The summed E-state index contributed by atoms with van der Waals surface area (Å²) in [4.78, 5) is 12.8. The van der Waals surface area contributed by atoms with Crippen LogP contribution in [0.3, 0.4) is 0 Å². The molecule has 2 N–H and O–H groups in total. The maximum absolute atomic E-state index is 12.0. The summed E-state index contributed by atoms with van der Waals surface area (Å²) in [7, 11) is -0.993. The van der Waals surface area contributed by atoms with E-state index in [-0.39, 0.29) is 6.03 Å². The summed E-state index contributed by atoms with van der Waals surface area (Å²) < 4.78 is 16.8. The molecule has 2 aromatic carbocycles. The zero-order valence-corrected chi connectivity index (χ0v) is 14.9. The molecule has 0 spiro atoms. The molecule has 0 saturated carbocycles. The van der Waals surface area contributed by atoms with Crippen LogP contribution in [0.5, 0.6) is 5.75 Å². The number of anilines is 1. The first kappa shape index (κ1) is 18.0. The lowest BCUT2D eigenvalue weighted by Gasteiger charge is -2.12. The Kier molecular flexibility index (Phi) is 6.37. The van der Waals surface area contributed by atoms with Gasteiger partial charge in [0.15, 0.2) is 0 Å². The van der Waals surface area contributed by atoms with Crippen LogP contribution in [0, 0.1) is 6.92 Å². The van der Waals surface area contributed by atoms with Gasteiger partial charge >= 0.3 is 6.03 Å². The molecule has 0 radical (unpaired) electrons.